The molecule has 0 aliphatic carbocycles. The highest BCUT2D eigenvalue weighted by atomic mass is 32.2. The molecule has 1 heterocycles. The van der Waals surface area contributed by atoms with Gasteiger partial charge >= 0.3 is 0 Å². The molecule has 0 spiro atoms. The molecule has 116 valence electrons. The van der Waals surface area contributed by atoms with Gasteiger partial charge in [0.1, 0.15) is 5.60 Å². The third-order valence-electron chi connectivity index (χ3n) is 3.34. The van der Waals surface area contributed by atoms with Crippen molar-refractivity contribution in [2.24, 2.45) is 0 Å². The van der Waals surface area contributed by atoms with Crippen LogP contribution in [-0.2, 0) is 15.6 Å². The number of aliphatic hydroxyl groups is 1. The number of nitriles is 1. The number of nitrogens with zero attached hydrogens (tertiary/aromatic N) is 1. The van der Waals surface area contributed by atoms with Crippen LogP contribution in [0.25, 0.3) is 0 Å². The Bertz CT molecular complexity index is 804. The molecule has 0 saturated heterocycles. The van der Waals surface area contributed by atoms with Gasteiger partial charge in [0.15, 0.2) is 0 Å². The fourth-order valence-corrected chi connectivity index (χ4v) is 4.15. The van der Waals surface area contributed by atoms with Crippen molar-refractivity contribution in [1.82, 2.24) is 4.72 Å². The minimum atomic E-state index is -3.76. The van der Waals surface area contributed by atoms with Gasteiger partial charge in [0.05, 0.1) is 16.5 Å². The Balaban J connectivity index is 2.20. The lowest BCUT2D eigenvalue weighted by Crippen LogP contribution is -2.38. The number of benzene rings is 1. The molecule has 0 amide bonds. The molecule has 2 aromatic rings. The van der Waals surface area contributed by atoms with Crippen molar-refractivity contribution in [2.45, 2.75) is 24.3 Å². The maximum atomic E-state index is 12.4. The van der Waals surface area contributed by atoms with Crippen molar-refractivity contribution >= 4 is 21.4 Å². The van der Waals surface area contributed by atoms with Gasteiger partial charge in [0, 0.05) is 6.54 Å². The molecule has 1 aromatic heterocycles. The van der Waals surface area contributed by atoms with Gasteiger partial charge < -0.3 is 5.11 Å². The van der Waals surface area contributed by atoms with Crippen LogP contribution >= 0.6 is 11.3 Å². The van der Waals surface area contributed by atoms with Gasteiger partial charge in [-0.05, 0) is 60.0 Å². The van der Waals surface area contributed by atoms with Crippen LogP contribution in [0.5, 0.6) is 0 Å². The van der Waals surface area contributed by atoms with E-state index >= 15 is 0 Å². The Labute approximate surface area is 133 Å². The van der Waals surface area contributed by atoms with Gasteiger partial charge in [0.2, 0.25) is 10.0 Å². The number of nitrogens with one attached hydrogen (secondary N) is 1. The van der Waals surface area contributed by atoms with Crippen molar-refractivity contribution in [3.8, 4) is 6.07 Å². The average molecular weight is 336 g/mol. The van der Waals surface area contributed by atoms with E-state index in [9.17, 15) is 13.5 Å². The number of rotatable bonds is 5. The quantitative estimate of drug-likeness (QED) is 0.875. The molecule has 0 aliphatic heterocycles. The molecule has 22 heavy (non-hydrogen) atoms. The van der Waals surface area contributed by atoms with E-state index in [1.165, 1.54) is 29.5 Å². The lowest BCUT2D eigenvalue weighted by atomic mass is 10.0. The zero-order valence-electron chi connectivity index (χ0n) is 12.2. The summed E-state index contributed by atoms with van der Waals surface area (Å²) < 4.78 is 27.2. The van der Waals surface area contributed by atoms with E-state index in [0.717, 1.165) is 0 Å². The zero-order chi connectivity index (χ0) is 16.4. The minimum Gasteiger partial charge on any atom is -0.384 e. The van der Waals surface area contributed by atoms with Gasteiger partial charge in [-0.15, -0.1) is 0 Å². The molecule has 5 nitrogen and oxygen atoms in total. The molecule has 0 radical (unpaired) electrons. The second-order valence-electron chi connectivity index (χ2n) is 5.20. The van der Waals surface area contributed by atoms with Crippen LogP contribution in [0.15, 0.2) is 39.9 Å². The van der Waals surface area contributed by atoms with Crippen molar-refractivity contribution < 1.29 is 13.5 Å². The van der Waals surface area contributed by atoms with Gasteiger partial charge in [-0.25, -0.2) is 13.1 Å². The van der Waals surface area contributed by atoms with Crippen LogP contribution < -0.4 is 4.72 Å². The zero-order valence-corrected chi connectivity index (χ0v) is 13.8. The predicted molar refractivity (Wildman–Crippen MR) is 85.0 cm³/mol. The fraction of sp³-hybridized carbons (Fsp3) is 0.267. The van der Waals surface area contributed by atoms with Gasteiger partial charge in [0.25, 0.3) is 0 Å². The summed E-state index contributed by atoms with van der Waals surface area (Å²) in [5, 5.41) is 22.8. The van der Waals surface area contributed by atoms with E-state index in [4.69, 9.17) is 5.26 Å². The number of hydrogen-bond donors (Lipinski definition) is 2. The molecular weight excluding hydrogens is 320 g/mol. The van der Waals surface area contributed by atoms with Gasteiger partial charge in [-0.2, -0.15) is 16.6 Å². The molecule has 1 unspecified atom stereocenters. The smallest absolute Gasteiger partial charge is 0.240 e. The second kappa shape index (κ2) is 6.18. The molecule has 0 aliphatic rings. The molecule has 0 saturated carbocycles. The van der Waals surface area contributed by atoms with Crippen LogP contribution in [0, 0.1) is 18.3 Å². The Morgan fingerprint density at radius 2 is 2.14 bits per heavy atom. The first-order chi connectivity index (χ1) is 10.3. The predicted octanol–water partition coefficient (Wildman–Crippen LogP) is 2.11. The minimum absolute atomic E-state index is 0.104. The van der Waals surface area contributed by atoms with Crippen molar-refractivity contribution in [3.05, 3.63) is 51.7 Å². The fourth-order valence-electron chi connectivity index (χ4n) is 2.01. The summed E-state index contributed by atoms with van der Waals surface area (Å²) in [6, 6.07) is 8.10. The maximum absolute atomic E-state index is 12.4. The highest BCUT2D eigenvalue weighted by Crippen LogP contribution is 2.23. The van der Waals surface area contributed by atoms with E-state index in [-0.39, 0.29) is 11.4 Å². The van der Waals surface area contributed by atoms with E-state index < -0.39 is 15.6 Å². The van der Waals surface area contributed by atoms with Crippen molar-refractivity contribution in [2.75, 3.05) is 6.54 Å². The van der Waals surface area contributed by atoms with Crippen LogP contribution in [0.1, 0.15) is 23.6 Å². The Kier molecular flexibility index (Phi) is 4.68. The summed E-state index contributed by atoms with van der Waals surface area (Å²) in [4.78, 5) is 0.104. The Hall–Kier alpha value is -1.72. The van der Waals surface area contributed by atoms with Crippen LogP contribution in [0.2, 0.25) is 0 Å². The van der Waals surface area contributed by atoms with Crippen LogP contribution in [-0.4, -0.2) is 20.1 Å². The summed E-state index contributed by atoms with van der Waals surface area (Å²) >= 11 is 1.43. The molecule has 1 aromatic carbocycles. The summed E-state index contributed by atoms with van der Waals surface area (Å²) in [6.07, 6.45) is 0. The molecular formula is C15H16N2O3S2. The molecule has 1 atom stereocenters. The van der Waals surface area contributed by atoms with E-state index in [0.29, 0.717) is 16.7 Å². The standard InChI is InChI=1S/C15H16N2O3S2/c1-11-7-12(8-16)3-4-14(11)22(19,20)17-10-15(2,18)13-5-6-21-9-13/h3-7,9,17-18H,10H2,1-2H3. The Morgan fingerprint density at radius 1 is 1.41 bits per heavy atom. The van der Waals surface area contributed by atoms with E-state index in [2.05, 4.69) is 4.72 Å². The number of sulfonamides is 1. The Morgan fingerprint density at radius 3 is 2.68 bits per heavy atom. The topological polar surface area (TPSA) is 90.2 Å². The third kappa shape index (κ3) is 3.54. The van der Waals surface area contributed by atoms with Gasteiger partial charge in [-0.3, -0.25) is 0 Å². The number of hydrogen-bond acceptors (Lipinski definition) is 5. The average Bonchev–Trinajstić information content (AvgIpc) is 3.00. The largest absolute Gasteiger partial charge is 0.384 e. The van der Waals surface area contributed by atoms with E-state index in [1.807, 2.05) is 11.4 Å². The highest BCUT2D eigenvalue weighted by Gasteiger charge is 2.27. The van der Waals surface area contributed by atoms with Crippen molar-refractivity contribution in [3.63, 3.8) is 0 Å². The molecule has 0 bridgehead atoms. The summed E-state index contributed by atoms with van der Waals surface area (Å²) in [5.74, 6) is 0. The van der Waals surface area contributed by atoms with Gasteiger partial charge in [-0.1, -0.05) is 0 Å². The monoisotopic (exact) mass is 336 g/mol. The summed E-state index contributed by atoms with van der Waals surface area (Å²) in [6.45, 7) is 3.06. The lowest BCUT2D eigenvalue weighted by molar-refractivity contribution is 0.0632. The molecule has 7 heteroatoms. The first-order valence-corrected chi connectivity index (χ1v) is 8.94. The number of aryl methyl sites for hydroxylation is 1. The van der Waals surface area contributed by atoms with Crippen molar-refractivity contribution in [1.29, 1.82) is 5.26 Å². The molecule has 0 fully saturated rings. The summed E-state index contributed by atoms with van der Waals surface area (Å²) in [5.41, 5.74) is 0.272. The van der Waals surface area contributed by atoms with Crippen LogP contribution in [0.3, 0.4) is 0 Å². The normalized spacial score (nSPS) is 14.3. The SMILES string of the molecule is Cc1cc(C#N)ccc1S(=O)(=O)NCC(C)(O)c1ccsc1. The highest BCUT2D eigenvalue weighted by molar-refractivity contribution is 7.89. The third-order valence-corrected chi connectivity index (χ3v) is 5.59. The summed E-state index contributed by atoms with van der Waals surface area (Å²) in [7, 11) is -3.76. The number of thiophene rings is 1. The maximum Gasteiger partial charge on any atom is 0.240 e. The second-order valence-corrected chi connectivity index (χ2v) is 7.72. The first kappa shape index (κ1) is 16.6. The van der Waals surface area contributed by atoms with E-state index in [1.54, 1.807) is 25.3 Å². The lowest BCUT2D eigenvalue weighted by Gasteiger charge is -2.23. The van der Waals surface area contributed by atoms with Crippen LogP contribution in [0.4, 0.5) is 0 Å². The first-order valence-electron chi connectivity index (χ1n) is 6.52. The molecule has 2 rings (SSSR count). The molecule has 2 N–H and O–H groups in total.